The van der Waals surface area contributed by atoms with Crippen LogP contribution >= 0.6 is 0 Å². The first-order valence-corrected chi connectivity index (χ1v) is 5.18. The molecule has 1 aromatic heterocycles. The first-order valence-electron chi connectivity index (χ1n) is 5.18. The van der Waals surface area contributed by atoms with Gasteiger partial charge in [0.2, 0.25) is 0 Å². The molecule has 0 N–H and O–H groups in total. The summed E-state index contributed by atoms with van der Waals surface area (Å²) in [4.78, 5) is 27.2. The largest absolute Gasteiger partial charge is 0.465 e. The van der Waals surface area contributed by atoms with Gasteiger partial charge in [0.25, 0.3) is 5.91 Å². The Morgan fingerprint density at radius 3 is 2.82 bits per heavy atom. The number of aromatic nitrogens is 1. The Labute approximate surface area is 97.9 Å². The number of hydrazone groups is 1. The van der Waals surface area contributed by atoms with Gasteiger partial charge in [0.05, 0.1) is 12.3 Å². The third-order valence-electron chi connectivity index (χ3n) is 2.25. The SMILES string of the molecule is CCOC(=O)C1C=NN(c2ccncc2)C1=O. The van der Waals surface area contributed by atoms with Gasteiger partial charge in [0.1, 0.15) is 0 Å². The average molecular weight is 233 g/mol. The van der Waals surface area contributed by atoms with Crippen LogP contribution in [-0.2, 0) is 14.3 Å². The molecule has 2 rings (SSSR count). The van der Waals surface area contributed by atoms with Crippen molar-refractivity contribution in [2.24, 2.45) is 11.0 Å². The van der Waals surface area contributed by atoms with Crippen LogP contribution in [0.1, 0.15) is 6.92 Å². The molecule has 1 aromatic rings. The van der Waals surface area contributed by atoms with E-state index in [0.717, 1.165) is 0 Å². The van der Waals surface area contributed by atoms with Gasteiger partial charge in [0, 0.05) is 18.6 Å². The molecule has 1 amide bonds. The summed E-state index contributed by atoms with van der Waals surface area (Å²) in [7, 11) is 0. The van der Waals surface area contributed by atoms with Crippen molar-refractivity contribution >= 4 is 23.8 Å². The summed E-state index contributed by atoms with van der Waals surface area (Å²) in [6.07, 6.45) is 4.40. The molecule has 0 spiro atoms. The summed E-state index contributed by atoms with van der Waals surface area (Å²) in [6.45, 7) is 1.93. The number of rotatable bonds is 3. The van der Waals surface area contributed by atoms with E-state index in [1.54, 1.807) is 31.5 Å². The van der Waals surface area contributed by atoms with Crippen molar-refractivity contribution in [1.29, 1.82) is 0 Å². The van der Waals surface area contributed by atoms with E-state index in [1.807, 2.05) is 0 Å². The summed E-state index contributed by atoms with van der Waals surface area (Å²) in [6, 6.07) is 3.28. The maximum Gasteiger partial charge on any atom is 0.324 e. The Kier molecular flexibility index (Phi) is 3.13. The Balaban J connectivity index is 2.14. The molecule has 2 heterocycles. The summed E-state index contributed by atoms with van der Waals surface area (Å²) in [5, 5.41) is 5.07. The normalized spacial score (nSPS) is 18.5. The van der Waals surface area contributed by atoms with Gasteiger partial charge in [-0.05, 0) is 19.1 Å². The Morgan fingerprint density at radius 1 is 1.47 bits per heavy atom. The van der Waals surface area contributed by atoms with Crippen LogP contribution in [0.25, 0.3) is 0 Å². The second-order valence-electron chi connectivity index (χ2n) is 3.35. The van der Waals surface area contributed by atoms with Gasteiger partial charge in [-0.1, -0.05) is 0 Å². The highest BCUT2D eigenvalue weighted by Crippen LogP contribution is 2.20. The molecule has 17 heavy (non-hydrogen) atoms. The van der Waals surface area contributed by atoms with E-state index in [4.69, 9.17) is 4.74 Å². The van der Waals surface area contributed by atoms with Gasteiger partial charge < -0.3 is 4.74 Å². The molecular weight excluding hydrogens is 222 g/mol. The second kappa shape index (κ2) is 4.73. The fourth-order valence-electron chi connectivity index (χ4n) is 1.46. The molecule has 6 nitrogen and oxygen atoms in total. The highest BCUT2D eigenvalue weighted by atomic mass is 16.5. The zero-order valence-corrected chi connectivity index (χ0v) is 9.24. The molecule has 0 bridgehead atoms. The average Bonchev–Trinajstić information content (AvgIpc) is 2.72. The van der Waals surface area contributed by atoms with Gasteiger partial charge in [-0.3, -0.25) is 14.6 Å². The fourth-order valence-corrected chi connectivity index (χ4v) is 1.46. The van der Waals surface area contributed by atoms with Crippen molar-refractivity contribution in [2.45, 2.75) is 6.92 Å². The summed E-state index contributed by atoms with van der Waals surface area (Å²) in [5.74, 6) is -1.92. The number of hydrogen-bond donors (Lipinski definition) is 0. The van der Waals surface area contributed by atoms with Gasteiger partial charge in [-0.25, -0.2) is 0 Å². The number of carbonyl (C=O) groups excluding carboxylic acids is 2. The lowest BCUT2D eigenvalue weighted by atomic mass is 10.1. The zero-order valence-electron chi connectivity index (χ0n) is 9.24. The minimum Gasteiger partial charge on any atom is -0.465 e. The van der Waals surface area contributed by atoms with Crippen molar-refractivity contribution in [3.63, 3.8) is 0 Å². The van der Waals surface area contributed by atoms with E-state index in [9.17, 15) is 9.59 Å². The van der Waals surface area contributed by atoms with Crippen LogP contribution in [0, 0.1) is 5.92 Å². The molecule has 0 aliphatic carbocycles. The van der Waals surface area contributed by atoms with Crippen LogP contribution in [0.4, 0.5) is 5.69 Å². The van der Waals surface area contributed by atoms with Crippen LogP contribution in [0.3, 0.4) is 0 Å². The van der Waals surface area contributed by atoms with E-state index in [2.05, 4.69) is 10.1 Å². The van der Waals surface area contributed by atoms with Crippen molar-refractivity contribution < 1.29 is 14.3 Å². The van der Waals surface area contributed by atoms with Gasteiger partial charge in [-0.15, -0.1) is 0 Å². The first kappa shape index (κ1) is 11.3. The molecular formula is C11H11N3O3. The molecule has 1 atom stereocenters. The molecule has 0 saturated heterocycles. The number of pyridine rings is 1. The topological polar surface area (TPSA) is 71.9 Å². The van der Waals surface area contributed by atoms with Crippen LogP contribution in [-0.4, -0.2) is 29.7 Å². The zero-order chi connectivity index (χ0) is 12.3. The molecule has 1 aliphatic rings. The molecule has 0 aromatic carbocycles. The minimum atomic E-state index is -0.942. The van der Waals surface area contributed by atoms with Crippen LogP contribution < -0.4 is 5.01 Å². The lowest BCUT2D eigenvalue weighted by molar-refractivity contribution is -0.147. The lowest BCUT2D eigenvalue weighted by Gasteiger charge is -2.13. The predicted octanol–water partition coefficient (Wildman–Crippen LogP) is 0.593. The molecule has 6 heteroatoms. The minimum absolute atomic E-state index is 0.242. The van der Waals surface area contributed by atoms with Gasteiger partial charge in [-0.2, -0.15) is 10.1 Å². The third-order valence-corrected chi connectivity index (χ3v) is 2.25. The van der Waals surface area contributed by atoms with Crippen LogP contribution in [0.2, 0.25) is 0 Å². The number of nitrogens with zero attached hydrogens (tertiary/aromatic N) is 3. The number of carbonyl (C=O) groups is 2. The van der Waals surface area contributed by atoms with Crippen molar-refractivity contribution in [3.8, 4) is 0 Å². The quantitative estimate of drug-likeness (QED) is 0.566. The number of esters is 1. The second-order valence-corrected chi connectivity index (χ2v) is 3.35. The smallest absolute Gasteiger partial charge is 0.324 e. The Hall–Kier alpha value is -2.24. The Morgan fingerprint density at radius 2 is 2.18 bits per heavy atom. The number of hydrogen-bond acceptors (Lipinski definition) is 5. The summed E-state index contributed by atoms with van der Waals surface area (Å²) >= 11 is 0. The van der Waals surface area contributed by atoms with E-state index in [0.29, 0.717) is 5.69 Å². The van der Waals surface area contributed by atoms with Crippen molar-refractivity contribution in [3.05, 3.63) is 24.5 Å². The third kappa shape index (κ3) is 2.15. The Bertz CT molecular complexity index is 458. The summed E-state index contributed by atoms with van der Waals surface area (Å²) in [5.41, 5.74) is 0.577. The van der Waals surface area contributed by atoms with Crippen molar-refractivity contribution in [2.75, 3.05) is 11.6 Å². The highest BCUT2D eigenvalue weighted by Gasteiger charge is 2.36. The number of amides is 1. The molecule has 1 aliphatic heterocycles. The van der Waals surface area contributed by atoms with E-state index >= 15 is 0 Å². The molecule has 0 fully saturated rings. The molecule has 88 valence electrons. The van der Waals surface area contributed by atoms with Crippen LogP contribution in [0.15, 0.2) is 29.6 Å². The highest BCUT2D eigenvalue weighted by molar-refractivity contribution is 6.19. The van der Waals surface area contributed by atoms with E-state index in [-0.39, 0.29) is 6.61 Å². The van der Waals surface area contributed by atoms with Crippen molar-refractivity contribution in [1.82, 2.24) is 4.98 Å². The molecule has 0 saturated carbocycles. The fraction of sp³-hybridized carbons (Fsp3) is 0.273. The maximum atomic E-state index is 11.9. The first-order chi connectivity index (χ1) is 8.24. The van der Waals surface area contributed by atoms with E-state index in [1.165, 1.54) is 11.2 Å². The lowest BCUT2D eigenvalue weighted by Crippen LogP contribution is -2.32. The van der Waals surface area contributed by atoms with E-state index < -0.39 is 17.8 Å². The number of anilines is 1. The monoisotopic (exact) mass is 233 g/mol. The van der Waals surface area contributed by atoms with Crippen LogP contribution in [0.5, 0.6) is 0 Å². The maximum absolute atomic E-state index is 11.9. The molecule has 1 unspecified atom stereocenters. The van der Waals surface area contributed by atoms with Gasteiger partial charge in [0.15, 0.2) is 5.92 Å². The molecule has 0 radical (unpaired) electrons. The number of ether oxygens (including phenoxy) is 1. The summed E-state index contributed by atoms with van der Waals surface area (Å²) < 4.78 is 4.79. The van der Waals surface area contributed by atoms with Gasteiger partial charge >= 0.3 is 5.97 Å². The predicted molar refractivity (Wildman–Crippen MR) is 60.3 cm³/mol. The standard InChI is InChI=1S/C11H11N3O3/c1-2-17-11(16)9-7-13-14(10(9)15)8-3-5-12-6-4-8/h3-7,9H,2H2,1H3.